The van der Waals surface area contributed by atoms with E-state index in [1.807, 2.05) is 65.6 Å². The molecule has 0 radical (unpaired) electrons. The molecule has 8 heteroatoms. The van der Waals surface area contributed by atoms with Gasteiger partial charge in [0.25, 0.3) is 0 Å². The fourth-order valence-corrected chi connectivity index (χ4v) is 4.53. The highest BCUT2D eigenvalue weighted by molar-refractivity contribution is 6.42. The lowest BCUT2D eigenvalue weighted by molar-refractivity contribution is -0.135. The van der Waals surface area contributed by atoms with Crippen molar-refractivity contribution in [3.63, 3.8) is 0 Å². The number of nitriles is 1. The first kappa shape index (κ1) is 26.0. The third kappa shape index (κ3) is 6.77. The highest BCUT2D eigenvalue weighted by Crippen LogP contribution is 2.23. The molecular weight excluding hydrogens is 495 g/mol. The molecule has 0 bridgehead atoms. The Morgan fingerprint density at radius 1 is 0.944 bits per heavy atom. The van der Waals surface area contributed by atoms with Gasteiger partial charge in [0.15, 0.2) is 0 Å². The van der Waals surface area contributed by atoms with Crippen molar-refractivity contribution in [3.8, 4) is 6.07 Å². The maximum Gasteiger partial charge on any atom is 0.242 e. The maximum atomic E-state index is 13.5. The number of amides is 1. The van der Waals surface area contributed by atoms with Crippen LogP contribution in [0, 0.1) is 11.3 Å². The highest BCUT2D eigenvalue weighted by Gasteiger charge is 2.28. The monoisotopic (exact) mass is 522 g/mol. The number of carbonyl (C=O) groups is 1. The number of nitrogens with one attached hydrogen (secondary N) is 1. The van der Waals surface area contributed by atoms with Gasteiger partial charge in [0.1, 0.15) is 12.1 Å². The summed E-state index contributed by atoms with van der Waals surface area (Å²) in [4.78, 5) is 17.5. The van der Waals surface area contributed by atoms with Gasteiger partial charge in [-0.1, -0.05) is 71.7 Å². The fraction of sp³-hybridized carbons (Fsp3) is 0.286. The summed E-state index contributed by atoms with van der Waals surface area (Å²) in [6, 6.07) is 24.7. The summed E-state index contributed by atoms with van der Waals surface area (Å²) in [6.45, 7) is 3.60. The Hall–Kier alpha value is -3.08. The Morgan fingerprint density at radius 2 is 1.67 bits per heavy atom. The predicted molar refractivity (Wildman–Crippen MR) is 143 cm³/mol. The minimum absolute atomic E-state index is 0.00767. The SMILES string of the molecule is N#Cc1ccccc1N1CCN(C(=O)C(COCc2ccc(Cl)c(Cl)c2)NCc2ccccc2)CC1. The zero-order valence-electron chi connectivity index (χ0n) is 19.9. The molecule has 0 saturated carbocycles. The van der Waals surface area contributed by atoms with Crippen molar-refractivity contribution in [3.05, 3.63) is 99.5 Å². The van der Waals surface area contributed by atoms with Gasteiger partial charge in [0.05, 0.1) is 34.5 Å². The third-order valence-corrected chi connectivity index (χ3v) is 6.93. The number of carbonyl (C=O) groups excluding carboxylic acids is 1. The van der Waals surface area contributed by atoms with Crippen molar-refractivity contribution >= 4 is 34.8 Å². The molecule has 1 fully saturated rings. The first-order valence-electron chi connectivity index (χ1n) is 11.9. The molecule has 1 unspecified atom stereocenters. The van der Waals surface area contributed by atoms with Crippen LogP contribution in [0.1, 0.15) is 16.7 Å². The second kappa shape index (κ2) is 12.8. The number of ether oxygens (including phenoxy) is 1. The van der Waals surface area contributed by atoms with E-state index in [-0.39, 0.29) is 12.5 Å². The molecule has 186 valence electrons. The number of halogens is 2. The van der Waals surface area contributed by atoms with Crippen molar-refractivity contribution in [1.82, 2.24) is 10.2 Å². The molecule has 0 spiro atoms. The molecule has 6 nitrogen and oxygen atoms in total. The zero-order chi connectivity index (χ0) is 25.3. The van der Waals surface area contributed by atoms with Gasteiger partial charge in [-0.3, -0.25) is 10.1 Å². The minimum atomic E-state index is -0.495. The van der Waals surface area contributed by atoms with Crippen LogP contribution in [0.15, 0.2) is 72.8 Å². The van der Waals surface area contributed by atoms with Crippen molar-refractivity contribution in [2.75, 3.05) is 37.7 Å². The van der Waals surface area contributed by atoms with E-state index in [0.29, 0.717) is 54.9 Å². The maximum absolute atomic E-state index is 13.5. The van der Waals surface area contributed by atoms with Crippen LogP contribution in [-0.2, 0) is 22.7 Å². The summed E-state index contributed by atoms with van der Waals surface area (Å²) in [5.41, 5.74) is 3.55. The number of hydrogen-bond donors (Lipinski definition) is 1. The van der Waals surface area contributed by atoms with E-state index in [4.69, 9.17) is 27.9 Å². The summed E-state index contributed by atoms with van der Waals surface area (Å²) in [7, 11) is 0. The zero-order valence-corrected chi connectivity index (χ0v) is 21.4. The number of piperazine rings is 1. The molecule has 0 aliphatic carbocycles. The average Bonchev–Trinajstić information content (AvgIpc) is 2.92. The summed E-state index contributed by atoms with van der Waals surface area (Å²) < 4.78 is 5.94. The van der Waals surface area contributed by atoms with Crippen LogP contribution in [0.3, 0.4) is 0 Å². The van der Waals surface area contributed by atoms with E-state index in [1.54, 1.807) is 12.1 Å². The van der Waals surface area contributed by atoms with E-state index >= 15 is 0 Å². The van der Waals surface area contributed by atoms with Gasteiger partial charge in [0.2, 0.25) is 5.91 Å². The Labute approximate surface area is 222 Å². The number of nitrogens with zero attached hydrogens (tertiary/aromatic N) is 3. The molecule has 1 aliphatic rings. The smallest absolute Gasteiger partial charge is 0.242 e. The van der Waals surface area contributed by atoms with Crippen LogP contribution in [0.2, 0.25) is 10.0 Å². The summed E-state index contributed by atoms with van der Waals surface area (Å²) in [5.74, 6) is 0.00767. The Kier molecular flexibility index (Phi) is 9.21. The van der Waals surface area contributed by atoms with E-state index in [9.17, 15) is 10.1 Å². The normalized spacial score (nSPS) is 14.4. The second-order valence-corrected chi connectivity index (χ2v) is 9.44. The van der Waals surface area contributed by atoms with Gasteiger partial charge in [-0.15, -0.1) is 0 Å². The first-order chi connectivity index (χ1) is 17.5. The summed E-state index contributed by atoms with van der Waals surface area (Å²) in [6.07, 6.45) is 0. The van der Waals surface area contributed by atoms with E-state index in [0.717, 1.165) is 16.8 Å². The lowest BCUT2D eigenvalue weighted by Crippen LogP contribution is -2.55. The van der Waals surface area contributed by atoms with Crippen LogP contribution in [0.5, 0.6) is 0 Å². The molecule has 1 atom stereocenters. The molecule has 1 N–H and O–H groups in total. The number of rotatable bonds is 9. The van der Waals surface area contributed by atoms with Crippen molar-refractivity contribution in [2.24, 2.45) is 0 Å². The molecular formula is C28H28Cl2N4O2. The number of anilines is 1. The molecule has 36 heavy (non-hydrogen) atoms. The van der Waals surface area contributed by atoms with Gasteiger partial charge >= 0.3 is 0 Å². The first-order valence-corrected chi connectivity index (χ1v) is 12.6. The van der Waals surface area contributed by atoms with Crippen LogP contribution >= 0.6 is 23.2 Å². The molecule has 1 aliphatic heterocycles. The Balaban J connectivity index is 1.38. The second-order valence-electron chi connectivity index (χ2n) is 8.62. The van der Waals surface area contributed by atoms with E-state index < -0.39 is 6.04 Å². The van der Waals surface area contributed by atoms with Crippen molar-refractivity contribution in [1.29, 1.82) is 5.26 Å². The molecule has 1 heterocycles. The average molecular weight is 523 g/mol. The predicted octanol–water partition coefficient (Wildman–Crippen LogP) is 4.89. The number of benzene rings is 3. The number of para-hydroxylation sites is 1. The molecule has 3 aromatic rings. The van der Waals surface area contributed by atoms with Crippen molar-refractivity contribution < 1.29 is 9.53 Å². The molecule has 1 saturated heterocycles. The van der Waals surface area contributed by atoms with Gasteiger partial charge in [-0.05, 0) is 35.4 Å². The van der Waals surface area contributed by atoms with Crippen molar-refractivity contribution in [2.45, 2.75) is 19.2 Å². The van der Waals surface area contributed by atoms with Gasteiger partial charge < -0.3 is 14.5 Å². The van der Waals surface area contributed by atoms with Crippen LogP contribution < -0.4 is 10.2 Å². The molecule has 0 aromatic heterocycles. The largest absolute Gasteiger partial charge is 0.375 e. The van der Waals surface area contributed by atoms with Crippen LogP contribution in [-0.4, -0.2) is 49.6 Å². The van der Waals surface area contributed by atoms with Gasteiger partial charge in [-0.2, -0.15) is 5.26 Å². The topological polar surface area (TPSA) is 68.6 Å². The highest BCUT2D eigenvalue weighted by atomic mass is 35.5. The van der Waals surface area contributed by atoms with Crippen LogP contribution in [0.25, 0.3) is 0 Å². The van der Waals surface area contributed by atoms with Gasteiger partial charge in [0, 0.05) is 32.7 Å². The molecule has 3 aromatic carbocycles. The molecule has 1 amide bonds. The lowest BCUT2D eigenvalue weighted by atomic mass is 10.1. The lowest BCUT2D eigenvalue weighted by Gasteiger charge is -2.38. The van der Waals surface area contributed by atoms with E-state index in [1.165, 1.54) is 0 Å². The molecule has 4 rings (SSSR count). The van der Waals surface area contributed by atoms with Gasteiger partial charge in [-0.25, -0.2) is 0 Å². The Morgan fingerprint density at radius 3 is 2.39 bits per heavy atom. The summed E-state index contributed by atoms with van der Waals surface area (Å²) in [5, 5.41) is 13.8. The quantitative estimate of drug-likeness (QED) is 0.433. The summed E-state index contributed by atoms with van der Waals surface area (Å²) >= 11 is 12.1. The standard InChI is InChI=1S/C28H28Cl2N4O2/c29-24-11-10-22(16-25(24)30)19-36-20-26(32-18-21-6-2-1-3-7-21)28(35)34-14-12-33(13-15-34)27-9-5-4-8-23(27)17-31/h1-11,16,26,32H,12-15,18-20H2. The van der Waals surface area contributed by atoms with E-state index in [2.05, 4.69) is 16.3 Å². The number of hydrogen-bond acceptors (Lipinski definition) is 5. The van der Waals surface area contributed by atoms with Crippen LogP contribution in [0.4, 0.5) is 5.69 Å². The fourth-order valence-electron chi connectivity index (χ4n) is 4.21. The minimum Gasteiger partial charge on any atom is -0.375 e. The Bertz CT molecular complexity index is 1210. The third-order valence-electron chi connectivity index (χ3n) is 6.19.